The smallest absolute Gasteiger partial charge is 0.326 e. The van der Waals surface area contributed by atoms with Gasteiger partial charge in [0, 0.05) is 23.5 Å². The largest absolute Gasteiger partial charge is 0.480 e. The molecule has 0 spiro atoms. The van der Waals surface area contributed by atoms with Crippen molar-refractivity contribution in [3.05, 3.63) is 83.4 Å². The lowest BCUT2D eigenvalue weighted by Crippen LogP contribution is -2.44. The molecule has 1 atom stereocenters. The number of carboxylic acids is 1. The fraction of sp³-hybridized carbons (Fsp3) is 0.222. The third kappa shape index (κ3) is 4.78. The Hall–Kier alpha value is -4.13. The second-order valence-electron chi connectivity index (χ2n) is 8.86. The summed E-state index contributed by atoms with van der Waals surface area (Å²) in [5.41, 5.74) is 5.63. The molecule has 3 aromatic carbocycles. The van der Waals surface area contributed by atoms with Crippen LogP contribution < -0.4 is 10.6 Å². The van der Waals surface area contributed by atoms with Crippen LogP contribution in [0.1, 0.15) is 35.3 Å². The van der Waals surface area contributed by atoms with Gasteiger partial charge in [-0.1, -0.05) is 44.2 Å². The topological polar surface area (TPSA) is 98.7 Å². The molecule has 7 nitrogen and oxygen atoms in total. The average Bonchev–Trinajstić information content (AvgIpc) is 3.09. The minimum absolute atomic E-state index is 0.196. The molecule has 174 valence electrons. The first kappa shape index (κ1) is 23.0. The zero-order chi connectivity index (χ0) is 24.4. The second kappa shape index (κ2) is 9.39. The quantitative estimate of drug-likeness (QED) is 0.463. The summed E-state index contributed by atoms with van der Waals surface area (Å²) < 4.78 is 0. The van der Waals surface area contributed by atoms with Crippen LogP contribution >= 0.6 is 0 Å². The third-order valence-corrected chi connectivity index (χ3v) is 5.91. The summed E-state index contributed by atoms with van der Waals surface area (Å²) in [4.78, 5) is 38.2. The first-order valence-electron chi connectivity index (χ1n) is 11.1. The molecule has 1 unspecified atom stereocenters. The van der Waals surface area contributed by atoms with Gasteiger partial charge in [0.2, 0.25) is 0 Å². The number of amides is 3. The van der Waals surface area contributed by atoms with E-state index >= 15 is 0 Å². The van der Waals surface area contributed by atoms with Crippen molar-refractivity contribution in [1.82, 2.24) is 4.90 Å². The maximum absolute atomic E-state index is 12.8. The van der Waals surface area contributed by atoms with Crippen molar-refractivity contribution in [2.75, 3.05) is 10.6 Å². The molecule has 3 aromatic rings. The Labute approximate surface area is 198 Å². The maximum Gasteiger partial charge on any atom is 0.326 e. The van der Waals surface area contributed by atoms with Gasteiger partial charge in [-0.25, -0.2) is 9.59 Å². The van der Waals surface area contributed by atoms with Crippen LogP contribution in [0.4, 0.5) is 16.2 Å². The molecule has 0 radical (unpaired) electrons. The lowest BCUT2D eigenvalue weighted by molar-refractivity contribution is -0.144. The number of nitrogens with one attached hydrogen (secondary N) is 2. The Bertz CT molecular complexity index is 1250. The van der Waals surface area contributed by atoms with Gasteiger partial charge in [0.05, 0.1) is 0 Å². The van der Waals surface area contributed by atoms with Crippen molar-refractivity contribution < 1.29 is 19.5 Å². The number of aliphatic carboxylic acids is 1. The van der Waals surface area contributed by atoms with Crippen molar-refractivity contribution in [3.63, 3.8) is 0 Å². The average molecular weight is 458 g/mol. The molecular weight excluding hydrogens is 430 g/mol. The van der Waals surface area contributed by atoms with Crippen molar-refractivity contribution in [2.24, 2.45) is 5.92 Å². The minimum atomic E-state index is -0.995. The molecule has 0 fully saturated rings. The molecule has 0 saturated carbocycles. The molecular formula is C27H27N3O4. The van der Waals surface area contributed by atoms with Crippen LogP contribution in [0.5, 0.6) is 0 Å². The van der Waals surface area contributed by atoms with E-state index in [9.17, 15) is 19.5 Å². The van der Waals surface area contributed by atoms with Crippen LogP contribution in [-0.2, 0) is 11.3 Å². The van der Waals surface area contributed by atoms with Crippen molar-refractivity contribution in [3.8, 4) is 11.1 Å². The number of anilines is 2. The standard InChI is InChI=1S/C27H27N3O4/c1-16(2)24(26(32)33)30-15-20-14-19(9-12-23(20)25(30)31)18-7-10-21(11-8-18)28-27(34)29-22-6-4-5-17(3)13-22/h4-14,16,24H,15H2,1-3H3,(H,32,33)(H2,28,29,34). The SMILES string of the molecule is Cc1cccc(NC(=O)Nc2ccc(-c3ccc4c(c3)CN(C(C(=O)O)C(C)C)C4=O)cc2)c1. The zero-order valence-electron chi connectivity index (χ0n) is 19.3. The van der Waals surface area contributed by atoms with E-state index in [0.717, 1.165) is 27.9 Å². The number of rotatable bonds is 6. The van der Waals surface area contributed by atoms with Gasteiger partial charge in [-0.2, -0.15) is 0 Å². The third-order valence-electron chi connectivity index (χ3n) is 5.91. The summed E-state index contributed by atoms with van der Waals surface area (Å²) in [5, 5.41) is 15.2. The fourth-order valence-electron chi connectivity index (χ4n) is 4.29. The van der Waals surface area contributed by atoms with Gasteiger partial charge in [-0.15, -0.1) is 0 Å². The molecule has 1 aliphatic rings. The summed E-state index contributed by atoms with van der Waals surface area (Å²) >= 11 is 0. The number of aryl methyl sites for hydroxylation is 1. The van der Waals surface area contributed by atoms with Crippen molar-refractivity contribution >= 4 is 29.3 Å². The van der Waals surface area contributed by atoms with E-state index in [1.165, 1.54) is 4.90 Å². The minimum Gasteiger partial charge on any atom is -0.480 e. The zero-order valence-corrected chi connectivity index (χ0v) is 19.3. The van der Waals surface area contributed by atoms with E-state index in [0.29, 0.717) is 11.3 Å². The van der Waals surface area contributed by atoms with E-state index in [-0.39, 0.29) is 24.4 Å². The van der Waals surface area contributed by atoms with Crippen LogP contribution in [0, 0.1) is 12.8 Å². The summed E-state index contributed by atoms with van der Waals surface area (Å²) in [6.07, 6.45) is 0. The summed E-state index contributed by atoms with van der Waals surface area (Å²) in [5.74, 6) is -1.44. The fourth-order valence-corrected chi connectivity index (χ4v) is 4.29. The number of hydrogen-bond donors (Lipinski definition) is 3. The number of nitrogens with zero attached hydrogens (tertiary/aromatic N) is 1. The molecule has 3 amide bonds. The second-order valence-corrected chi connectivity index (χ2v) is 8.86. The highest BCUT2D eigenvalue weighted by Crippen LogP contribution is 2.31. The Morgan fingerprint density at radius 1 is 0.912 bits per heavy atom. The van der Waals surface area contributed by atoms with Crippen LogP contribution in [0.25, 0.3) is 11.1 Å². The molecule has 1 aliphatic heterocycles. The molecule has 0 aliphatic carbocycles. The van der Waals surface area contributed by atoms with E-state index in [1.807, 2.05) is 67.6 Å². The Morgan fingerprint density at radius 2 is 1.59 bits per heavy atom. The summed E-state index contributed by atoms with van der Waals surface area (Å²) in [7, 11) is 0. The number of urea groups is 1. The molecule has 0 aromatic heterocycles. The number of hydrogen-bond acceptors (Lipinski definition) is 3. The number of fused-ring (bicyclic) bond motifs is 1. The van der Waals surface area contributed by atoms with Crippen LogP contribution in [0.2, 0.25) is 0 Å². The van der Waals surface area contributed by atoms with Gasteiger partial charge in [0.25, 0.3) is 5.91 Å². The predicted molar refractivity (Wildman–Crippen MR) is 132 cm³/mol. The first-order chi connectivity index (χ1) is 16.2. The monoisotopic (exact) mass is 457 g/mol. The molecule has 3 N–H and O–H groups in total. The summed E-state index contributed by atoms with van der Waals surface area (Å²) in [6, 6.07) is 19.3. The van der Waals surface area contributed by atoms with Gasteiger partial charge >= 0.3 is 12.0 Å². The number of benzene rings is 3. The number of carbonyl (C=O) groups excluding carboxylic acids is 2. The van der Waals surface area contributed by atoms with Crippen LogP contribution in [0.3, 0.4) is 0 Å². The highest BCUT2D eigenvalue weighted by atomic mass is 16.4. The van der Waals surface area contributed by atoms with E-state index in [2.05, 4.69) is 10.6 Å². The molecule has 0 saturated heterocycles. The predicted octanol–water partition coefficient (Wildman–Crippen LogP) is 5.37. The molecule has 0 bridgehead atoms. The Kier molecular flexibility index (Phi) is 6.36. The Morgan fingerprint density at radius 3 is 2.24 bits per heavy atom. The van der Waals surface area contributed by atoms with E-state index in [4.69, 9.17) is 0 Å². The lowest BCUT2D eigenvalue weighted by atomic mass is 10.0. The molecule has 1 heterocycles. The summed E-state index contributed by atoms with van der Waals surface area (Å²) in [6.45, 7) is 5.84. The molecule has 4 rings (SSSR count). The van der Waals surface area contributed by atoms with Crippen LogP contribution in [-0.4, -0.2) is 34.0 Å². The normalized spacial score (nSPS) is 13.5. The maximum atomic E-state index is 12.8. The highest BCUT2D eigenvalue weighted by molar-refractivity contribution is 6.01. The van der Waals surface area contributed by atoms with E-state index in [1.54, 1.807) is 19.9 Å². The van der Waals surface area contributed by atoms with Crippen molar-refractivity contribution in [1.29, 1.82) is 0 Å². The number of carbonyl (C=O) groups is 3. The van der Waals surface area contributed by atoms with Gasteiger partial charge < -0.3 is 20.6 Å². The van der Waals surface area contributed by atoms with Crippen molar-refractivity contribution in [2.45, 2.75) is 33.4 Å². The van der Waals surface area contributed by atoms with Crippen LogP contribution in [0.15, 0.2) is 66.7 Å². The molecule has 7 heteroatoms. The first-order valence-corrected chi connectivity index (χ1v) is 11.1. The molecule has 34 heavy (non-hydrogen) atoms. The lowest BCUT2D eigenvalue weighted by Gasteiger charge is -2.27. The van der Waals surface area contributed by atoms with Gasteiger partial charge in [0.15, 0.2) is 0 Å². The number of carboxylic acid groups (broad SMARTS) is 1. The highest BCUT2D eigenvalue weighted by Gasteiger charge is 2.38. The van der Waals surface area contributed by atoms with Gasteiger partial charge in [-0.05, 0) is 71.5 Å². The van der Waals surface area contributed by atoms with Gasteiger partial charge in [0.1, 0.15) is 6.04 Å². The Balaban J connectivity index is 1.46. The van der Waals surface area contributed by atoms with E-state index < -0.39 is 12.0 Å². The van der Waals surface area contributed by atoms with Gasteiger partial charge in [-0.3, -0.25) is 4.79 Å².